The number of hydrogen-bond acceptors (Lipinski definition) is 6. The normalized spacial score (nSPS) is 21.5. The monoisotopic (exact) mass is 424 g/mol. The van der Waals surface area contributed by atoms with Crippen molar-refractivity contribution in [2.24, 2.45) is 0 Å². The first-order chi connectivity index (χ1) is 15.0. The molecule has 2 atom stereocenters. The van der Waals surface area contributed by atoms with Gasteiger partial charge in [0, 0.05) is 24.5 Å². The zero-order valence-electron chi connectivity index (χ0n) is 19.2. The lowest BCUT2D eigenvalue weighted by Crippen LogP contribution is -2.45. The van der Waals surface area contributed by atoms with Crippen molar-refractivity contribution in [1.82, 2.24) is 20.6 Å². The minimum atomic E-state index is 0.0426. The summed E-state index contributed by atoms with van der Waals surface area (Å²) in [5, 5.41) is 7.47. The average molecular weight is 425 g/mol. The molecule has 6 heteroatoms. The minimum Gasteiger partial charge on any atom is -0.475 e. The number of nitrogens with one attached hydrogen (secondary N) is 2. The molecule has 4 rings (SSSR count). The molecule has 2 heterocycles. The molecule has 1 aromatic heterocycles. The smallest absolute Gasteiger partial charge is 0.225 e. The molecule has 2 aromatic rings. The second-order valence-corrected chi connectivity index (χ2v) is 9.25. The molecular weight excluding hydrogens is 388 g/mol. The molecule has 0 amide bonds. The zero-order valence-corrected chi connectivity index (χ0v) is 19.2. The van der Waals surface area contributed by atoms with Crippen molar-refractivity contribution < 1.29 is 9.47 Å². The number of aromatic nitrogens is 2. The first-order valence-electron chi connectivity index (χ1n) is 11.8. The Kier molecular flexibility index (Phi) is 7.08. The highest BCUT2D eigenvalue weighted by atomic mass is 16.5. The van der Waals surface area contributed by atoms with Crippen molar-refractivity contribution in [3.05, 3.63) is 47.3 Å². The summed E-state index contributed by atoms with van der Waals surface area (Å²) in [7, 11) is 0. The third kappa shape index (κ3) is 5.74. The summed E-state index contributed by atoms with van der Waals surface area (Å²) in [6.45, 7) is 9.81. The molecule has 2 fully saturated rings. The third-order valence-electron chi connectivity index (χ3n) is 5.74. The number of piperidine rings is 1. The van der Waals surface area contributed by atoms with Crippen LogP contribution in [-0.2, 0) is 6.54 Å². The van der Waals surface area contributed by atoms with E-state index in [4.69, 9.17) is 19.4 Å². The molecule has 0 unspecified atom stereocenters. The van der Waals surface area contributed by atoms with Crippen molar-refractivity contribution in [1.29, 1.82) is 0 Å². The van der Waals surface area contributed by atoms with Gasteiger partial charge in [-0.1, -0.05) is 30.3 Å². The second kappa shape index (κ2) is 9.96. The Bertz CT molecular complexity index is 821. The summed E-state index contributed by atoms with van der Waals surface area (Å²) >= 11 is 0. The lowest BCUT2D eigenvalue weighted by Gasteiger charge is -2.34. The lowest BCUT2D eigenvalue weighted by atomic mass is 9.92. The van der Waals surface area contributed by atoms with E-state index in [1.54, 1.807) is 0 Å². The average Bonchev–Trinajstić information content (AvgIpc) is 3.58. The second-order valence-electron chi connectivity index (χ2n) is 9.25. The van der Waals surface area contributed by atoms with Crippen molar-refractivity contribution >= 4 is 0 Å². The van der Waals surface area contributed by atoms with E-state index in [1.165, 1.54) is 5.56 Å². The fourth-order valence-corrected chi connectivity index (χ4v) is 4.13. The van der Waals surface area contributed by atoms with Crippen LogP contribution in [0.5, 0.6) is 11.8 Å². The van der Waals surface area contributed by atoms with Crippen molar-refractivity contribution in [3.8, 4) is 11.8 Å². The summed E-state index contributed by atoms with van der Waals surface area (Å²) in [5.74, 6) is 2.62. The van der Waals surface area contributed by atoms with E-state index in [-0.39, 0.29) is 18.2 Å². The van der Waals surface area contributed by atoms with Crippen LogP contribution < -0.4 is 20.1 Å². The molecule has 2 aliphatic rings. The van der Waals surface area contributed by atoms with Crippen molar-refractivity contribution in [2.75, 3.05) is 6.54 Å². The van der Waals surface area contributed by atoms with Crippen LogP contribution in [0.1, 0.15) is 82.3 Å². The van der Waals surface area contributed by atoms with Gasteiger partial charge >= 0.3 is 0 Å². The molecule has 0 radical (unpaired) electrons. The van der Waals surface area contributed by atoms with Gasteiger partial charge in [-0.2, -0.15) is 9.97 Å². The molecule has 0 bridgehead atoms. The van der Waals surface area contributed by atoms with E-state index in [0.717, 1.165) is 43.6 Å². The predicted octanol–water partition coefficient (Wildman–Crippen LogP) is 4.51. The summed E-state index contributed by atoms with van der Waals surface area (Å²) in [6.07, 6.45) is 4.65. The first-order valence-corrected chi connectivity index (χ1v) is 11.8. The Morgan fingerprint density at radius 1 is 0.968 bits per heavy atom. The van der Waals surface area contributed by atoms with E-state index in [1.807, 2.05) is 27.7 Å². The zero-order chi connectivity index (χ0) is 21.8. The van der Waals surface area contributed by atoms with Gasteiger partial charge in [-0.05, 0) is 65.5 Å². The predicted molar refractivity (Wildman–Crippen MR) is 123 cm³/mol. The number of rotatable bonds is 9. The van der Waals surface area contributed by atoms with E-state index in [9.17, 15) is 0 Å². The van der Waals surface area contributed by atoms with E-state index >= 15 is 0 Å². The van der Waals surface area contributed by atoms with Crippen LogP contribution in [0, 0.1) is 0 Å². The Labute approximate surface area is 186 Å². The Hall–Kier alpha value is -2.18. The number of nitrogens with zero attached hydrogens (tertiary/aromatic N) is 2. The maximum absolute atomic E-state index is 6.15. The molecular formula is C25H36N4O2. The van der Waals surface area contributed by atoms with Crippen LogP contribution >= 0.6 is 0 Å². The molecule has 1 aromatic carbocycles. The van der Waals surface area contributed by atoms with Crippen LogP contribution in [0.4, 0.5) is 0 Å². The van der Waals surface area contributed by atoms with Crippen molar-refractivity contribution in [2.45, 2.75) is 90.1 Å². The van der Waals surface area contributed by atoms with Crippen LogP contribution in [-0.4, -0.2) is 34.8 Å². The first kappa shape index (κ1) is 22.0. The van der Waals surface area contributed by atoms with Gasteiger partial charge in [-0.25, -0.2) is 0 Å². The molecule has 1 saturated heterocycles. The molecule has 1 saturated carbocycles. The SMILES string of the molecule is CC(C)Oc1nc(C2CC2)nc(OC(C)C)c1CN[C@H]1CCCN[C@H]1c1ccccc1. The number of ether oxygens (including phenoxy) is 2. The lowest BCUT2D eigenvalue weighted by molar-refractivity contribution is 0.207. The summed E-state index contributed by atoms with van der Waals surface area (Å²) in [6, 6.07) is 11.3. The number of hydrogen-bond donors (Lipinski definition) is 2. The fourth-order valence-electron chi connectivity index (χ4n) is 4.13. The molecule has 6 nitrogen and oxygen atoms in total. The van der Waals surface area contributed by atoms with Gasteiger partial charge in [-0.15, -0.1) is 0 Å². The van der Waals surface area contributed by atoms with Gasteiger partial charge in [0.2, 0.25) is 11.8 Å². The Morgan fingerprint density at radius 3 is 2.19 bits per heavy atom. The standard InChI is InChI=1S/C25H36N4O2/c1-16(2)30-24-20(25(31-17(3)4)29-23(28-24)19-12-13-19)15-27-21-11-8-14-26-22(21)18-9-6-5-7-10-18/h5-7,9-10,16-17,19,21-22,26-27H,8,11-15H2,1-4H3/t21-,22-/m0/s1. The highest BCUT2D eigenvalue weighted by molar-refractivity contribution is 5.37. The highest BCUT2D eigenvalue weighted by Crippen LogP contribution is 2.41. The van der Waals surface area contributed by atoms with Gasteiger partial charge in [0.25, 0.3) is 0 Å². The van der Waals surface area contributed by atoms with Gasteiger partial charge in [0.15, 0.2) is 0 Å². The van der Waals surface area contributed by atoms with Gasteiger partial charge in [0.05, 0.1) is 17.8 Å². The molecule has 1 aliphatic carbocycles. The van der Waals surface area contributed by atoms with Crippen LogP contribution in [0.3, 0.4) is 0 Å². The van der Waals surface area contributed by atoms with Crippen LogP contribution in [0.15, 0.2) is 30.3 Å². The third-order valence-corrected chi connectivity index (χ3v) is 5.74. The van der Waals surface area contributed by atoms with E-state index < -0.39 is 0 Å². The largest absolute Gasteiger partial charge is 0.475 e. The van der Waals surface area contributed by atoms with Crippen molar-refractivity contribution in [3.63, 3.8) is 0 Å². The minimum absolute atomic E-state index is 0.0426. The Balaban J connectivity index is 1.59. The van der Waals surface area contributed by atoms with Gasteiger partial charge in [-0.3, -0.25) is 0 Å². The maximum Gasteiger partial charge on any atom is 0.225 e. The summed E-state index contributed by atoms with van der Waals surface area (Å²) in [5.41, 5.74) is 2.24. The van der Waals surface area contributed by atoms with E-state index in [2.05, 4.69) is 41.0 Å². The Morgan fingerprint density at radius 2 is 1.61 bits per heavy atom. The van der Waals surface area contributed by atoms with Gasteiger partial charge in [0.1, 0.15) is 5.82 Å². The molecule has 2 N–H and O–H groups in total. The molecule has 31 heavy (non-hydrogen) atoms. The highest BCUT2D eigenvalue weighted by Gasteiger charge is 2.31. The number of benzene rings is 1. The summed E-state index contributed by atoms with van der Waals surface area (Å²) in [4.78, 5) is 9.63. The molecule has 168 valence electrons. The molecule has 1 aliphatic heterocycles. The molecule has 0 spiro atoms. The van der Waals surface area contributed by atoms with Gasteiger partial charge < -0.3 is 20.1 Å². The fraction of sp³-hybridized carbons (Fsp3) is 0.600. The quantitative estimate of drug-likeness (QED) is 0.617. The topological polar surface area (TPSA) is 68.3 Å². The summed E-state index contributed by atoms with van der Waals surface area (Å²) < 4.78 is 12.3. The van der Waals surface area contributed by atoms with Crippen LogP contribution in [0.2, 0.25) is 0 Å². The maximum atomic E-state index is 6.15. The van der Waals surface area contributed by atoms with Crippen LogP contribution in [0.25, 0.3) is 0 Å². The van der Waals surface area contributed by atoms with E-state index in [0.29, 0.717) is 30.3 Å².